The highest BCUT2D eigenvalue weighted by atomic mass is 35.5. The van der Waals surface area contributed by atoms with Crippen LogP contribution in [0.25, 0.3) is 33.7 Å². The third-order valence-corrected chi connectivity index (χ3v) is 6.28. The van der Waals surface area contributed by atoms with Crippen LogP contribution in [-0.4, -0.2) is 39.5 Å². The van der Waals surface area contributed by atoms with Crippen LogP contribution in [0.2, 0.25) is 5.02 Å². The first-order valence-corrected chi connectivity index (χ1v) is 10.8. The van der Waals surface area contributed by atoms with E-state index in [1.165, 1.54) is 17.2 Å². The van der Waals surface area contributed by atoms with E-state index in [9.17, 15) is 0 Å². The van der Waals surface area contributed by atoms with Crippen molar-refractivity contribution in [3.63, 3.8) is 0 Å². The summed E-state index contributed by atoms with van der Waals surface area (Å²) in [5.74, 6) is 3.26. The number of hydrogen-bond acceptors (Lipinski definition) is 4. The van der Waals surface area contributed by atoms with Crippen LogP contribution in [0.15, 0.2) is 60.8 Å². The van der Waals surface area contributed by atoms with Crippen molar-refractivity contribution in [2.24, 2.45) is 0 Å². The minimum absolute atomic E-state index is 0.655. The summed E-state index contributed by atoms with van der Waals surface area (Å²) in [6, 6.07) is 18.4. The lowest BCUT2D eigenvalue weighted by molar-refractivity contribution is 0.859. The molecule has 1 N–H and O–H groups in total. The Morgan fingerprint density at radius 1 is 0.964 bits per heavy atom. The Hall–Kier alpha value is -2.50. The number of thioether (sulfide) groups is 1. The van der Waals surface area contributed by atoms with Gasteiger partial charge in [-0.2, -0.15) is 11.8 Å². The molecule has 0 unspecified atom stereocenters. The number of imidazole rings is 1. The molecule has 140 valence electrons. The van der Waals surface area contributed by atoms with E-state index in [-0.39, 0.29) is 0 Å². The lowest BCUT2D eigenvalue weighted by Gasteiger charge is -2.28. The molecule has 0 radical (unpaired) electrons. The Balaban J connectivity index is 1.45. The number of hydrogen-bond donors (Lipinski definition) is 1. The number of benzene rings is 2. The summed E-state index contributed by atoms with van der Waals surface area (Å²) in [5, 5.41) is 0.655. The van der Waals surface area contributed by atoms with E-state index in [1.54, 1.807) is 6.20 Å². The van der Waals surface area contributed by atoms with Gasteiger partial charge in [-0.25, -0.2) is 4.98 Å². The molecule has 2 aromatic carbocycles. The van der Waals surface area contributed by atoms with E-state index in [1.807, 2.05) is 36.0 Å². The van der Waals surface area contributed by atoms with E-state index in [0.717, 1.165) is 46.8 Å². The molecule has 0 saturated carbocycles. The number of aromatic nitrogens is 3. The Bertz CT molecular complexity index is 1120. The molecular formula is C22H19ClN4S. The maximum Gasteiger partial charge on any atom is 0.138 e. The number of aromatic amines is 1. The molecule has 2 aromatic heterocycles. The first-order chi connectivity index (χ1) is 13.8. The van der Waals surface area contributed by atoms with Gasteiger partial charge in [0.25, 0.3) is 0 Å². The van der Waals surface area contributed by atoms with Crippen LogP contribution in [0.1, 0.15) is 0 Å². The average Bonchev–Trinajstić information content (AvgIpc) is 3.18. The van der Waals surface area contributed by atoms with E-state index < -0.39 is 0 Å². The van der Waals surface area contributed by atoms with Crippen molar-refractivity contribution < 1.29 is 0 Å². The SMILES string of the molecule is Clc1cccnc1-c1ccc(-c2nc3ccc(N4CCSCC4)cc3[nH]2)cc1. The number of anilines is 1. The number of rotatable bonds is 3. The van der Waals surface area contributed by atoms with Crippen molar-refractivity contribution >= 4 is 40.1 Å². The van der Waals surface area contributed by atoms with Crippen LogP contribution >= 0.6 is 23.4 Å². The maximum absolute atomic E-state index is 6.26. The van der Waals surface area contributed by atoms with Gasteiger partial charge >= 0.3 is 0 Å². The molecule has 6 heteroatoms. The van der Waals surface area contributed by atoms with Gasteiger partial charge in [-0.3, -0.25) is 4.98 Å². The number of nitrogens with zero attached hydrogens (tertiary/aromatic N) is 3. The zero-order valence-electron chi connectivity index (χ0n) is 15.2. The number of pyridine rings is 1. The molecular weight excluding hydrogens is 388 g/mol. The third-order valence-electron chi connectivity index (χ3n) is 5.03. The average molecular weight is 407 g/mol. The molecule has 4 nitrogen and oxygen atoms in total. The Morgan fingerprint density at radius 2 is 1.75 bits per heavy atom. The fourth-order valence-corrected chi connectivity index (χ4v) is 4.67. The van der Waals surface area contributed by atoms with Gasteiger partial charge in [0.15, 0.2) is 0 Å². The smallest absolute Gasteiger partial charge is 0.138 e. The van der Waals surface area contributed by atoms with Crippen LogP contribution in [0.3, 0.4) is 0 Å². The van der Waals surface area contributed by atoms with Gasteiger partial charge < -0.3 is 9.88 Å². The van der Waals surface area contributed by atoms with Gasteiger partial charge in [-0.05, 0) is 30.3 Å². The molecule has 1 aliphatic rings. The topological polar surface area (TPSA) is 44.8 Å². The molecule has 0 spiro atoms. The highest BCUT2D eigenvalue weighted by Gasteiger charge is 2.13. The molecule has 0 atom stereocenters. The minimum Gasteiger partial charge on any atom is -0.370 e. The number of H-pyrrole nitrogens is 1. The largest absolute Gasteiger partial charge is 0.370 e. The maximum atomic E-state index is 6.26. The third kappa shape index (κ3) is 3.36. The first kappa shape index (κ1) is 17.6. The molecule has 0 amide bonds. The van der Waals surface area contributed by atoms with Crippen molar-refractivity contribution in [3.8, 4) is 22.6 Å². The fraction of sp³-hybridized carbons (Fsp3) is 0.182. The summed E-state index contributed by atoms with van der Waals surface area (Å²) >= 11 is 8.29. The van der Waals surface area contributed by atoms with Crippen molar-refractivity contribution in [1.82, 2.24) is 15.0 Å². The summed E-state index contributed by atoms with van der Waals surface area (Å²) < 4.78 is 0. The van der Waals surface area contributed by atoms with E-state index in [0.29, 0.717) is 5.02 Å². The molecule has 0 bridgehead atoms. The fourth-order valence-electron chi connectivity index (χ4n) is 3.54. The minimum atomic E-state index is 0.655. The lowest BCUT2D eigenvalue weighted by atomic mass is 10.1. The van der Waals surface area contributed by atoms with Crippen molar-refractivity contribution in [2.75, 3.05) is 29.5 Å². The second-order valence-electron chi connectivity index (χ2n) is 6.80. The van der Waals surface area contributed by atoms with Crippen molar-refractivity contribution in [1.29, 1.82) is 0 Å². The van der Waals surface area contributed by atoms with Gasteiger partial charge in [-0.15, -0.1) is 0 Å². The number of halogens is 1. The zero-order valence-corrected chi connectivity index (χ0v) is 16.8. The normalized spacial score (nSPS) is 14.5. The van der Waals surface area contributed by atoms with Crippen molar-refractivity contribution in [3.05, 3.63) is 65.8 Å². The molecule has 3 heterocycles. The molecule has 5 rings (SSSR count). The number of fused-ring (bicyclic) bond motifs is 1. The first-order valence-electron chi connectivity index (χ1n) is 9.32. The standard InChI is InChI=1S/C22H19ClN4S/c23-18-2-1-9-24-21(18)15-3-5-16(6-4-15)22-25-19-8-7-17(14-20(19)26-22)27-10-12-28-13-11-27/h1-9,14H,10-13H2,(H,25,26). The summed E-state index contributed by atoms with van der Waals surface area (Å²) in [4.78, 5) is 15.1. The molecule has 28 heavy (non-hydrogen) atoms. The molecule has 1 saturated heterocycles. The van der Waals surface area contributed by atoms with Crippen LogP contribution in [0.4, 0.5) is 5.69 Å². The quantitative estimate of drug-likeness (QED) is 0.488. The highest BCUT2D eigenvalue weighted by molar-refractivity contribution is 7.99. The van der Waals surface area contributed by atoms with Gasteiger partial charge in [0.05, 0.1) is 21.7 Å². The highest BCUT2D eigenvalue weighted by Crippen LogP contribution is 2.29. The van der Waals surface area contributed by atoms with Crippen LogP contribution in [-0.2, 0) is 0 Å². The predicted molar refractivity (Wildman–Crippen MR) is 119 cm³/mol. The predicted octanol–water partition coefficient (Wildman–Crippen LogP) is 5.50. The molecule has 0 aliphatic carbocycles. The van der Waals surface area contributed by atoms with Gasteiger partial charge in [0, 0.05) is 47.6 Å². The molecule has 1 fully saturated rings. The van der Waals surface area contributed by atoms with E-state index >= 15 is 0 Å². The molecule has 4 aromatic rings. The summed E-state index contributed by atoms with van der Waals surface area (Å²) in [7, 11) is 0. The van der Waals surface area contributed by atoms with Crippen LogP contribution < -0.4 is 4.90 Å². The van der Waals surface area contributed by atoms with Crippen LogP contribution in [0.5, 0.6) is 0 Å². The van der Waals surface area contributed by atoms with Gasteiger partial charge in [0.1, 0.15) is 5.82 Å². The summed E-state index contributed by atoms with van der Waals surface area (Å²) in [6.07, 6.45) is 1.76. The Kier molecular flexibility index (Phi) is 4.71. The van der Waals surface area contributed by atoms with E-state index in [2.05, 4.69) is 45.2 Å². The zero-order chi connectivity index (χ0) is 18.9. The second-order valence-corrected chi connectivity index (χ2v) is 8.43. The Morgan fingerprint density at radius 3 is 2.54 bits per heavy atom. The Labute approximate surface area is 173 Å². The molecule has 1 aliphatic heterocycles. The van der Waals surface area contributed by atoms with Gasteiger partial charge in [0.2, 0.25) is 0 Å². The monoisotopic (exact) mass is 406 g/mol. The van der Waals surface area contributed by atoms with Crippen LogP contribution in [0, 0.1) is 0 Å². The summed E-state index contributed by atoms with van der Waals surface area (Å²) in [5.41, 5.74) is 6.16. The lowest BCUT2D eigenvalue weighted by Crippen LogP contribution is -2.32. The van der Waals surface area contributed by atoms with Gasteiger partial charge in [-0.1, -0.05) is 35.9 Å². The van der Waals surface area contributed by atoms with E-state index in [4.69, 9.17) is 16.6 Å². The summed E-state index contributed by atoms with van der Waals surface area (Å²) in [6.45, 7) is 2.21. The van der Waals surface area contributed by atoms with Crippen molar-refractivity contribution in [2.45, 2.75) is 0 Å². The number of nitrogens with one attached hydrogen (secondary N) is 1. The second kappa shape index (κ2) is 7.49.